The molecule has 1 aliphatic rings. The molecule has 0 amide bonds. The Labute approximate surface area is 172 Å². The van der Waals surface area contributed by atoms with Crippen LogP contribution >= 0.6 is 35.7 Å². The second kappa shape index (κ2) is 10.4. The number of hydrogen-bond acceptors (Lipinski definition) is 4. The minimum absolute atomic E-state index is 0. The van der Waals surface area contributed by atoms with E-state index in [1.807, 2.05) is 30.8 Å². The van der Waals surface area contributed by atoms with Crippen molar-refractivity contribution >= 4 is 41.7 Å². The fourth-order valence-electron chi connectivity index (χ4n) is 2.72. The van der Waals surface area contributed by atoms with E-state index in [0.717, 1.165) is 36.9 Å². The van der Waals surface area contributed by atoms with Gasteiger partial charge in [0.2, 0.25) is 0 Å². The topological polar surface area (TPSA) is 57.1 Å². The van der Waals surface area contributed by atoms with Crippen LogP contribution < -0.4 is 10.1 Å². The minimum atomic E-state index is 0. The highest BCUT2D eigenvalue weighted by molar-refractivity contribution is 14.0. The number of hydrogen-bond donors (Lipinski definition) is 2. The summed E-state index contributed by atoms with van der Waals surface area (Å²) in [6.45, 7) is 12.5. The number of ether oxygens (including phenoxy) is 1. The summed E-state index contributed by atoms with van der Waals surface area (Å²) in [5.41, 5.74) is 1.03. The fourth-order valence-corrected chi connectivity index (χ4v) is 3.83. The molecule has 7 heteroatoms. The average Bonchev–Trinajstić information content (AvgIpc) is 2.53. The van der Waals surface area contributed by atoms with E-state index in [-0.39, 0.29) is 34.5 Å². The molecule has 0 aliphatic carbocycles. The molecule has 0 aromatic heterocycles. The van der Waals surface area contributed by atoms with Gasteiger partial charge >= 0.3 is 0 Å². The number of thioether (sulfide) groups is 1. The van der Waals surface area contributed by atoms with Crippen LogP contribution in [0.5, 0.6) is 11.5 Å². The van der Waals surface area contributed by atoms with Crippen LogP contribution in [0.3, 0.4) is 0 Å². The normalized spacial score (nSPS) is 17.0. The number of phenols is 1. The Morgan fingerprint density at radius 2 is 2.16 bits per heavy atom. The smallest absolute Gasteiger partial charge is 0.194 e. The summed E-state index contributed by atoms with van der Waals surface area (Å²) in [6.07, 6.45) is 0. The number of phenolic OH excluding ortho intramolecular Hbond substituents is 1. The van der Waals surface area contributed by atoms with E-state index in [0.29, 0.717) is 18.9 Å². The molecule has 0 atom stereocenters. The quantitative estimate of drug-likeness (QED) is 0.383. The zero-order valence-corrected chi connectivity index (χ0v) is 18.7. The van der Waals surface area contributed by atoms with E-state index in [2.05, 4.69) is 31.0 Å². The van der Waals surface area contributed by atoms with Crippen LogP contribution in [0, 0.1) is 0 Å². The molecule has 25 heavy (non-hydrogen) atoms. The lowest BCUT2D eigenvalue weighted by atomic mass is 10.2. The largest absolute Gasteiger partial charge is 0.504 e. The standard InChI is InChI=1S/C18H29N3O2S.HI/c1-5-19-17(21-9-10-24-18(3,4)13-21)20-12-14-7-8-15(22)16(11-14)23-6-2;/h7-8,11,22H,5-6,9-10,12-13H2,1-4H3,(H,19,20);1H. The van der Waals surface area contributed by atoms with Gasteiger partial charge in [-0.3, -0.25) is 0 Å². The SMILES string of the molecule is CCNC(=NCc1ccc(O)c(OCC)c1)N1CCSC(C)(C)C1.I. The Morgan fingerprint density at radius 1 is 1.40 bits per heavy atom. The first-order valence-electron chi connectivity index (χ1n) is 8.57. The lowest BCUT2D eigenvalue weighted by Crippen LogP contribution is -2.50. The molecule has 2 rings (SSSR count). The number of aromatic hydroxyl groups is 1. The van der Waals surface area contributed by atoms with Crippen LogP contribution in [-0.4, -0.2) is 52.7 Å². The van der Waals surface area contributed by atoms with Gasteiger partial charge in [0.25, 0.3) is 0 Å². The van der Waals surface area contributed by atoms with Gasteiger partial charge in [-0.1, -0.05) is 6.07 Å². The van der Waals surface area contributed by atoms with Gasteiger partial charge < -0.3 is 20.1 Å². The summed E-state index contributed by atoms with van der Waals surface area (Å²) < 4.78 is 5.69. The van der Waals surface area contributed by atoms with Gasteiger partial charge in [-0.05, 0) is 45.4 Å². The van der Waals surface area contributed by atoms with E-state index in [1.54, 1.807) is 6.07 Å². The third-order valence-corrected chi connectivity index (χ3v) is 5.09. The van der Waals surface area contributed by atoms with Gasteiger partial charge in [-0.15, -0.1) is 24.0 Å². The summed E-state index contributed by atoms with van der Waals surface area (Å²) in [4.78, 5) is 7.13. The molecule has 1 fully saturated rings. The molecule has 1 aromatic carbocycles. The zero-order valence-electron chi connectivity index (χ0n) is 15.5. The maximum Gasteiger partial charge on any atom is 0.194 e. The summed E-state index contributed by atoms with van der Waals surface area (Å²) >= 11 is 2.01. The highest BCUT2D eigenvalue weighted by atomic mass is 127. The van der Waals surface area contributed by atoms with Crippen molar-refractivity contribution in [3.63, 3.8) is 0 Å². The van der Waals surface area contributed by atoms with Crippen LogP contribution in [0.15, 0.2) is 23.2 Å². The molecule has 0 bridgehead atoms. The van der Waals surface area contributed by atoms with Crippen molar-refractivity contribution in [3.05, 3.63) is 23.8 Å². The molecule has 142 valence electrons. The number of rotatable bonds is 5. The number of guanidine groups is 1. The van der Waals surface area contributed by atoms with Crippen molar-refractivity contribution in [2.45, 2.75) is 39.0 Å². The third kappa shape index (κ3) is 6.77. The number of nitrogens with one attached hydrogen (secondary N) is 1. The van der Waals surface area contributed by atoms with Gasteiger partial charge in [0.15, 0.2) is 17.5 Å². The Hall–Kier alpha value is -0.830. The van der Waals surface area contributed by atoms with Crippen LogP contribution in [0.25, 0.3) is 0 Å². The summed E-state index contributed by atoms with van der Waals surface area (Å²) in [5.74, 6) is 2.76. The molecule has 0 radical (unpaired) electrons. The Balaban J connectivity index is 0.00000312. The summed E-state index contributed by atoms with van der Waals surface area (Å²) in [7, 11) is 0. The van der Waals surface area contributed by atoms with E-state index in [4.69, 9.17) is 9.73 Å². The Bertz CT molecular complexity index is 581. The zero-order chi connectivity index (χ0) is 17.6. The average molecular weight is 479 g/mol. The van der Waals surface area contributed by atoms with Crippen molar-refractivity contribution in [2.24, 2.45) is 4.99 Å². The highest BCUT2D eigenvalue weighted by Crippen LogP contribution is 2.30. The van der Waals surface area contributed by atoms with Crippen LogP contribution in [0.4, 0.5) is 0 Å². The lowest BCUT2D eigenvalue weighted by Gasteiger charge is -2.39. The molecule has 1 saturated heterocycles. The van der Waals surface area contributed by atoms with Crippen LogP contribution in [-0.2, 0) is 6.54 Å². The van der Waals surface area contributed by atoms with E-state index >= 15 is 0 Å². The highest BCUT2D eigenvalue weighted by Gasteiger charge is 2.28. The van der Waals surface area contributed by atoms with Crippen LogP contribution in [0.1, 0.15) is 33.3 Å². The van der Waals surface area contributed by atoms with Gasteiger partial charge in [-0.25, -0.2) is 4.99 Å². The van der Waals surface area contributed by atoms with Crippen molar-refractivity contribution in [3.8, 4) is 11.5 Å². The molecule has 5 nitrogen and oxygen atoms in total. The molecular formula is C18H30IN3O2S. The molecule has 0 unspecified atom stereocenters. The second-order valence-corrected chi connectivity index (χ2v) is 8.24. The van der Waals surface area contributed by atoms with Crippen molar-refractivity contribution in [1.29, 1.82) is 0 Å². The molecule has 1 heterocycles. The predicted octanol–water partition coefficient (Wildman–Crippen LogP) is 3.70. The molecule has 2 N–H and O–H groups in total. The molecule has 1 aromatic rings. The molecular weight excluding hydrogens is 449 g/mol. The third-order valence-electron chi connectivity index (χ3n) is 3.80. The maximum absolute atomic E-state index is 9.81. The minimum Gasteiger partial charge on any atom is -0.504 e. The Morgan fingerprint density at radius 3 is 2.80 bits per heavy atom. The van der Waals surface area contributed by atoms with Crippen molar-refractivity contribution < 1.29 is 9.84 Å². The first kappa shape index (κ1) is 22.2. The van der Waals surface area contributed by atoms with E-state index in [1.165, 1.54) is 0 Å². The van der Waals surface area contributed by atoms with E-state index < -0.39 is 0 Å². The predicted molar refractivity (Wildman–Crippen MR) is 118 cm³/mol. The second-order valence-electron chi connectivity index (χ2n) is 6.43. The van der Waals surface area contributed by atoms with Crippen LogP contribution in [0.2, 0.25) is 0 Å². The number of benzene rings is 1. The summed E-state index contributed by atoms with van der Waals surface area (Å²) in [6, 6.07) is 5.42. The van der Waals surface area contributed by atoms with Gasteiger partial charge in [-0.2, -0.15) is 11.8 Å². The lowest BCUT2D eigenvalue weighted by molar-refractivity contribution is 0.317. The van der Waals surface area contributed by atoms with E-state index in [9.17, 15) is 5.11 Å². The number of halogens is 1. The van der Waals surface area contributed by atoms with Gasteiger partial charge in [0.05, 0.1) is 13.2 Å². The van der Waals surface area contributed by atoms with Gasteiger partial charge in [0.1, 0.15) is 0 Å². The molecule has 0 saturated carbocycles. The molecule has 0 spiro atoms. The van der Waals surface area contributed by atoms with Crippen molar-refractivity contribution in [2.75, 3.05) is 32.0 Å². The fraction of sp³-hybridized carbons (Fsp3) is 0.611. The molecule has 1 aliphatic heterocycles. The van der Waals surface area contributed by atoms with Crippen molar-refractivity contribution in [1.82, 2.24) is 10.2 Å². The summed E-state index contributed by atoms with van der Waals surface area (Å²) in [5, 5.41) is 13.2. The first-order chi connectivity index (χ1) is 11.4. The number of aliphatic imine (C=N–C) groups is 1. The van der Waals surface area contributed by atoms with Gasteiger partial charge in [0, 0.05) is 30.1 Å². The Kier molecular flexibility index (Phi) is 9.20. The first-order valence-corrected chi connectivity index (χ1v) is 9.55. The number of nitrogens with zero attached hydrogens (tertiary/aromatic N) is 2. The maximum atomic E-state index is 9.81. The monoisotopic (exact) mass is 479 g/mol.